The average Bonchev–Trinajstić information content (AvgIpc) is 3.39. The second-order valence-corrected chi connectivity index (χ2v) is 15.7. The summed E-state index contributed by atoms with van der Waals surface area (Å²) in [5, 5.41) is 2.48. The summed E-state index contributed by atoms with van der Waals surface area (Å²) in [7, 11) is 0. The number of rotatable bonds is 9. The van der Waals surface area contributed by atoms with Crippen molar-refractivity contribution in [3.8, 4) is 101 Å². The van der Waals surface area contributed by atoms with E-state index in [1.54, 1.807) is 12.4 Å². The third kappa shape index (κ3) is 7.74. The van der Waals surface area contributed by atoms with Crippen molar-refractivity contribution < 1.29 is 0 Å². The average molecular weight is 818 g/mol. The first-order chi connectivity index (χ1) is 31.7. The Labute approximate surface area is 372 Å². The molecule has 0 radical (unpaired) electrons. The zero-order valence-corrected chi connectivity index (χ0v) is 34.8. The van der Waals surface area contributed by atoms with Gasteiger partial charge in [-0.3, -0.25) is 9.97 Å². The van der Waals surface area contributed by atoms with Gasteiger partial charge in [0.1, 0.15) is 11.4 Å². The molecule has 0 N–H and O–H groups in total. The predicted molar refractivity (Wildman–Crippen MR) is 262 cm³/mol. The van der Waals surface area contributed by atoms with Crippen LogP contribution < -0.4 is 0 Å². The van der Waals surface area contributed by atoms with Crippen molar-refractivity contribution in [1.29, 1.82) is 0 Å². The summed E-state index contributed by atoms with van der Waals surface area (Å²) in [4.78, 5) is 24.0. The molecule has 0 saturated heterocycles. The lowest BCUT2D eigenvalue weighted by molar-refractivity contribution is 1.05. The molecule has 3 heterocycles. The number of nitrogens with zero attached hydrogens (tertiary/aromatic N) is 5. The zero-order valence-electron chi connectivity index (χ0n) is 34.8. The Morgan fingerprint density at radius 2 is 0.703 bits per heavy atom. The van der Waals surface area contributed by atoms with Crippen LogP contribution in [0.25, 0.3) is 112 Å². The van der Waals surface area contributed by atoms with Crippen LogP contribution in [0.4, 0.5) is 0 Å². The van der Waals surface area contributed by atoms with Crippen LogP contribution in [0.15, 0.2) is 237 Å². The van der Waals surface area contributed by atoms with Crippen molar-refractivity contribution in [3.05, 3.63) is 237 Å². The van der Waals surface area contributed by atoms with Crippen LogP contribution in [0.2, 0.25) is 0 Å². The van der Waals surface area contributed by atoms with E-state index in [9.17, 15) is 0 Å². The van der Waals surface area contributed by atoms with E-state index >= 15 is 0 Å². The molecule has 64 heavy (non-hydrogen) atoms. The Hall–Kier alpha value is -8.67. The quantitative estimate of drug-likeness (QED) is 0.145. The summed E-state index contributed by atoms with van der Waals surface area (Å²) in [5.74, 6) is 1.51. The topological polar surface area (TPSA) is 64.5 Å². The molecular formula is C59H39N5. The molecule has 0 spiro atoms. The van der Waals surface area contributed by atoms with E-state index in [4.69, 9.17) is 15.0 Å². The van der Waals surface area contributed by atoms with E-state index in [1.165, 1.54) is 33.0 Å². The highest BCUT2D eigenvalue weighted by Crippen LogP contribution is 2.41. The van der Waals surface area contributed by atoms with E-state index < -0.39 is 0 Å². The molecule has 0 atom stereocenters. The first kappa shape index (κ1) is 38.3. The van der Waals surface area contributed by atoms with Crippen LogP contribution in [0.3, 0.4) is 0 Å². The molecule has 0 unspecified atom stereocenters. The fraction of sp³-hybridized carbons (Fsp3) is 0. The third-order valence-electron chi connectivity index (χ3n) is 11.7. The summed E-state index contributed by atoms with van der Waals surface area (Å²) >= 11 is 0. The maximum absolute atomic E-state index is 5.01. The Balaban J connectivity index is 1.08. The highest BCUT2D eigenvalue weighted by Gasteiger charge is 2.18. The minimum atomic E-state index is 0.484. The van der Waals surface area contributed by atoms with Gasteiger partial charge >= 0.3 is 0 Å². The lowest BCUT2D eigenvalue weighted by atomic mass is 9.88. The minimum Gasteiger partial charge on any atom is -0.253 e. The smallest absolute Gasteiger partial charge is 0.182 e. The van der Waals surface area contributed by atoms with Crippen LogP contribution in [-0.2, 0) is 0 Å². The molecule has 0 aliphatic rings. The van der Waals surface area contributed by atoms with Crippen molar-refractivity contribution in [3.63, 3.8) is 0 Å². The highest BCUT2D eigenvalue weighted by molar-refractivity contribution is 5.97. The van der Waals surface area contributed by atoms with Gasteiger partial charge in [-0.05, 0) is 132 Å². The number of pyridine rings is 2. The second-order valence-electron chi connectivity index (χ2n) is 15.7. The molecule has 0 amide bonds. The third-order valence-corrected chi connectivity index (χ3v) is 11.7. The number of aromatic nitrogens is 5. The summed E-state index contributed by atoms with van der Waals surface area (Å²) in [5.41, 5.74) is 15.8. The molecule has 0 bridgehead atoms. The number of fused-ring (bicyclic) bond motifs is 1. The van der Waals surface area contributed by atoms with Crippen molar-refractivity contribution >= 4 is 10.8 Å². The summed E-state index contributed by atoms with van der Waals surface area (Å²) in [6.07, 6.45) is 3.50. The Morgan fingerprint density at radius 1 is 0.234 bits per heavy atom. The lowest BCUT2D eigenvalue weighted by Gasteiger charge is -2.17. The van der Waals surface area contributed by atoms with Gasteiger partial charge in [-0.15, -0.1) is 0 Å². The van der Waals surface area contributed by atoms with Gasteiger partial charge in [0.15, 0.2) is 17.5 Å². The van der Waals surface area contributed by atoms with Crippen molar-refractivity contribution in [2.24, 2.45) is 0 Å². The van der Waals surface area contributed by atoms with Gasteiger partial charge < -0.3 is 0 Å². The summed E-state index contributed by atoms with van der Waals surface area (Å²) in [6, 6.07) is 79.0. The largest absolute Gasteiger partial charge is 0.253 e. The molecule has 11 aromatic rings. The number of hydrogen-bond acceptors (Lipinski definition) is 5. The van der Waals surface area contributed by atoms with Crippen LogP contribution in [0, 0.1) is 0 Å². The standard InChI is InChI=1S/C59H39N5/c1-3-15-40(16-4-1)45-21-13-22-46(35-45)49-36-48(41-27-29-44(30-28-41)52-24-14-20-42-19-7-8-23-51(42)52)37-50(38-49)53-32-31-47(39-54(53)43-17-5-2-6-18-43)57-62-58(55-25-9-11-33-60-55)64-59(63-57)56-26-10-12-34-61-56/h1-39H. The predicted octanol–water partition coefficient (Wildman–Crippen LogP) is 14.8. The molecule has 5 heteroatoms. The Bertz CT molecular complexity index is 3350. The Kier molecular flexibility index (Phi) is 10.2. The SMILES string of the molecule is c1ccc(-c2cccc(-c3cc(-c4ccc(-c5cccc6ccccc56)cc4)cc(-c4ccc(-c5nc(-c6ccccn6)nc(-c6ccccn6)n5)cc4-c4ccccc4)c3)c2)cc1. The van der Waals surface area contributed by atoms with Gasteiger partial charge in [0.2, 0.25) is 0 Å². The molecule has 0 aliphatic heterocycles. The fourth-order valence-electron chi connectivity index (χ4n) is 8.46. The second kappa shape index (κ2) is 17.0. The minimum absolute atomic E-state index is 0.484. The molecule has 300 valence electrons. The summed E-state index contributed by atoms with van der Waals surface area (Å²) in [6.45, 7) is 0. The number of hydrogen-bond donors (Lipinski definition) is 0. The van der Waals surface area contributed by atoms with Gasteiger partial charge in [0.25, 0.3) is 0 Å². The van der Waals surface area contributed by atoms with Crippen molar-refractivity contribution in [1.82, 2.24) is 24.9 Å². The molecule has 11 rings (SSSR count). The molecule has 0 saturated carbocycles. The monoisotopic (exact) mass is 817 g/mol. The normalized spacial score (nSPS) is 11.1. The molecule has 0 aliphatic carbocycles. The van der Waals surface area contributed by atoms with Gasteiger partial charge in [-0.25, -0.2) is 15.0 Å². The molecule has 8 aromatic carbocycles. The van der Waals surface area contributed by atoms with Crippen LogP contribution >= 0.6 is 0 Å². The summed E-state index contributed by atoms with van der Waals surface area (Å²) < 4.78 is 0. The zero-order chi connectivity index (χ0) is 42.7. The Morgan fingerprint density at radius 3 is 1.39 bits per heavy atom. The lowest BCUT2D eigenvalue weighted by Crippen LogP contribution is -2.02. The van der Waals surface area contributed by atoms with E-state index in [0.717, 1.165) is 50.1 Å². The van der Waals surface area contributed by atoms with E-state index in [1.807, 2.05) is 36.4 Å². The van der Waals surface area contributed by atoms with Gasteiger partial charge in [-0.1, -0.05) is 170 Å². The van der Waals surface area contributed by atoms with Crippen molar-refractivity contribution in [2.75, 3.05) is 0 Å². The maximum atomic E-state index is 5.01. The van der Waals surface area contributed by atoms with Crippen LogP contribution in [0.5, 0.6) is 0 Å². The van der Waals surface area contributed by atoms with Crippen LogP contribution in [-0.4, -0.2) is 24.9 Å². The van der Waals surface area contributed by atoms with Gasteiger partial charge in [0.05, 0.1) is 0 Å². The van der Waals surface area contributed by atoms with Crippen LogP contribution in [0.1, 0.15) is 0 Å². The molecule has 0 fully saturated rings. The first-order valence-corrected chi connectivity index (χ1v) is 21.4. The van der Waals surface area contributed by atoms with E-state index in [-0.39, 0.29) is 0 Å². The maximum Gasteiger partial charge on any atom is 0.182 e. The molecular weight excluding hydrogens is 779 g/mol. The highest BCUT2D eigenvalue weighted by atomic mass is 15.1. The van der Waals surface area contributed by atoms with Gasteiger partial charge in [-0.2, -0.15) is 0 Å². The van der Waals surface area contributed by atoms with Gasteiger partial charge in [0, 0.05) is 18.0 Å². The molecule has 5 nitrogen and oxygen atoms in total. The van der Waals surface area contributed by atoms with E-state index in [0.29, 0.717) is 28.9 Å². The van der Waals surface area contributed by atoms with Crippen molar-refractivity contribution in [2.45, 2.75) is 0 Å². The fourth-order valence-corrected chi connectivity index (χ4v) is 8.46. The molecule has 3 aromatic heterocycles. The van der Waals surface area contributed by atoms with E-state index in [2.05, 4.69) is 198 Å². The first-order valence-electron chi connectivity index (χ1n) is 21.4. The number of benzene rings is 8.